The van der Waals surface area contributed by atoms with Crippen LogP contribution in [0.3, 0.4) is 0 Å². The van der Waals surface area contributed by atoms with Gasteiger partial charge in [0.1, 0.15) is 5.75 Å². The Balaban J connectivity index is 1.81. The van der Waals surface area contributed by atoms with Crippen molar-refractivity contribution in [2.75, 3.05) is 7.11 Å². The summed E-state index contributed by atoms with van der Waals surface area (Å²) in [6, 6.07) is 22.1. The molecule has 0 radical (unpaired) electrons. The van der Waals surface area contributed by atoms with E-state index in [4.69, 9.17) is 4.74 Å². The SMILES string of the molecule is COc1ccc(C2=NN(C(C)=O)[C@H](c3ccccc3)C2)c2ccccc12. The summed E-state index contributed by atoms with van der Waals surface area (Å²) in [4.78, 5) is 12.2. The Morgan fingerprint density at radius 3 is 2.38 bits per heavy atom. The third-order valence-electron chi connectivity index (χ3n) is 4.83. The summed E-state index contributed by atoms with van der Waals surface area (Å²) in [7, 11) is 1.68. The first-order valence-corrected chi connectivity index (χ1v) is 8.67. The maximum absolute atomic E-state index is 12.2. The molecule has 1 atom stereocenters. The lowest BCUT2D eigenvalue weighted by Crippen LogP contribution is -2.24. The van der Waals surface area contributed by atoms with Gasteiger partial charge in [0.2, 0.25) is 5.91 Å². The van der Waals surface area contributed by atoms with Crippen LogP contribution in [0.15, 0.2) is 71.8 Å². The van der Waals surface area contributed by atoms with E-state index in [1.165, 1.54) is 0 Å². The van der Waals surface area contributed by atoms with E-state index in [0.29, 0.717) is 6.42 Å². The van der Waals surface area contributed by atoms with Gasteiger partial charge >= 0.3 is 0 Å². The number of methoxy groups -OCH3 is 1. The minimum atomic E-state index is -0.0652. The highest BCUT2D eigenvalue weighted by Crippen LogP contribution is 2.36. The fourth-order valence-electron chi connectivity index (χ4n) is 3.60. The number of nitrogens with zero attached hydrogens (tertiary/aromatic N) is 2. The van der Waals surface area contributed by atoms with Crippen LogP contribution in [0.5, 0.6) is 5.75 Å². The summed E-state index contributed by atoms with van der Waals surface area (Å²) in [5, 5.41) is 8.42. The Labute approximate surface area is 152 Å². The minimum Gasteiger partial charge on any atom is -0.496 e. The first-order chi connectivity index (χ1) is 12.7. The predicted octanol–water partition coefficient (Wildman–Crippen LogP) is 4.55. The fraction of sp³-hybridized carbons (Fsp3) is 0.182. The summed E-state index contributed by atoms with van der Waals surface area (Å²) in [6.07, 6.45) is 0.694. The molecule has 4 nitrogen and oxygen atoms in total. The van der Waals surface area contributed by atoms with Crippen molar-refractivity contribution in [2.45, 2.75) is 19.4 Å². The third kappa shape index (κ3) is 2.73. The minimum absolute atomic E-state index is 0.0494. The number of hydrogen-bond acceptors (Lipinski definition) is 3. The highest BCUT2D eigenvalue weighted by molar-refractivity contribution is 6.13. The highest BCUT2D eigenvalue weighted by Gasteiger charge is 2.31. The van der Waals surface area contributed by atoms with E-state index in [1.54, 1.807) is 19.0 Å². The molecule has 0 spiro atoms. The molecule has 0 N–H and O–H groups in total. The number of carbonyl (C=O) groups excluding carboxylic acids is 1. The molecule has 0 aromatic heterocycles. The van der Waals surface area contributed by atoms with Gasteiger partial charge in [0.05, 0.1) is 18.9 Å². The van der Waals surface area contributed by atoms with Gasteiger partial charge in [-0.05, 0) is 23.1 Å². The zero-order valence-corrected chi connectivity index (χ0v) is 14.8. The number of hydrogen-bond donors (Lipinski definition) is 0. The summed E-state index contributed by atoms with van der Waals surface area (Å²) in [6.45, 7) is 1.56. The van der Waals surface area contributed by atoms with Crippen molar-refractivity contribution in [1.82, 2.24) is 5.01 Å². The maximum Gasteiger partial charge on any atom is 0.240 e. The average molecular weight is 344 g/mol. The van der Waals surface area contributed by atoms with Crippen LogP contribution in [0.2, 0.25) is 0 Å². The number of carbonyl (C=O) groups is 1. The number of rotatable bonds is 3. The number of amides is 1. The van der Waals surface area contributed by atoms with Crippen molar-refractivity contribution >= 4 is 22.4 Å². The quantitative estimate of drug-likeness (QED) is 0.700. The fourth-order valence-corrected chi connectivity index (χ4v) is 3.60. The molecule has 4 heteroatoms. The molecule has 0 fully saturated rings. The van der Waals surface area contributed by atoms with Crippen molar-refractivity contribution in [3.05, 3.63) is 77.9 Å². The van der Waals surface area contributed by atoms with E-state index >= 15 is 0 Å². The van der Waals surface area contributed by atoms with Gasteiger partial charge in [0.15, 0.2) is 0 Å². The maximum atomic E-state index is 12.2. The summed E-state index contributed by atoms with van der Waals surface area (Å²) < 4.78 is 5.49. The Morgan fingerprint density at radius 1 is 1.00 bits per heavy atom. The number of ether oxygens (including phenoxy) is 1. The molecule has 1 aliphatic rings. The average Bonchev–Trinajstić information content (AvgIpc) is 3.13. The van der Waals surface area contributed by atoms with Crippen LogP contribution in [0.4, 0.5) is 0 Å². The zero-order valence-electron chi connectivity index (χ0n) is 14.8. The second-order valence-electron chi connectivity index (χ2n) is 6.40. The van der Waals surface area contributed by atoms with Crippen LogP contribution in [0, 0.1) is 0 Å². The molecule has 1 amide bonds. The summed E-state index contributed by atoms with van der Waals surface area (Å²) in [5.41, 5.74) is 3.07. The first-order valence-electron chi connectivity index (χ1n) is 8.67. The van der Waals surface area contributed by atoms with E-state index in [2.05, 4.69) is 11.2 Å². The monoisotopic (exact) mass is 344 g/mol. The van der Waals surface area contributed by atoms with Crippen LogP contribution in [0.25, 0.3) is 10.8 Å². The van der Waals surface area contributed by atoms with Gasteiger partial charge in [0.25, 0.3) is 0 Å². The molecule has 0 unspecified atom stereocenters. The molecular formula is C22H20N2O2. The molecule has 0 bridgehead atoms. The normalized spacial score (nSPS) is 16.6. The number of benzene rings is 3. The third-order valence-corrected chi connectivity index (χ3v) is 4.83. The van der Waals surface area contributed by atoms with Crippen LogP contribution < -0.4 is 4.74 Å². The van der Waals surface area contributed by atoms with E-state index in [9.17, 15) is 4.79 Å². The van der Waals surface area contributed by atoms with Gasteiger partial charge in [-0.3, -0.25) is 4.79 Å². The van der Waals surface area contributed by atoms with Gasteiger partial charge in [-0.2, -0.15) is 5.10 Å². The molecule has 0 aliphatic carbocycles. The van der Waals surface area contributed by atoms with Crippen molar-refractivity contribution in [3.63, 3.8) is 0 Å². The molecular weight excluding hydrogens is 324 g/mol. The molecule has 1 aliphatic heterocycles. The Morgan fingerprint density at radius 2 is 1.69 bits per heavy atom. The van der Waals surface area contributed by atoms with Crippen molar-refractivity contribution in [1.29, 1.82) is 0 Å². The molecule has 26 heavy (non-hydrogen) atoms. The Bertz CT molecular complexity index is 995. The van der Waals surface area contributed by atoms with Crippen LogP contribution in [0.1, 0.15) is 30.5 Å². The summed E-state index contributed by atoms with van der Waals surface area (Å²) >= 11 is 0. The zero-order chi connectivity index (χ0) is 18.1. The largest absolute Gasteiger partial charge is 0.496 e. The number of hydrazone groups is 1. The topological polar surface area (TPSA) is 41.9 Å². The molecule has 1 heterocycles. The highest BCUT2D eigenvalue weighted by atomic mass is 16.5. The van der Waals surface area contributed by atoms with E-state index in [-0.39, 0.29) is 11.9 Å². The standard InChI is InChI=1S/C22H20N2O2/c1-15(25)24-21(16-8-4-3-5-9-16)14-20(23-24)18-12-13-22(26-2)19-11-7-6-10-17(18)19/h3-13,21H,14H2,1-2H3/t21-/m0/s1. The van der Waals surface area contributed by atoms with Gasteiger partial charge in [0, 0.05) is 24.3 Å². The molecule has 4 rings (SSSR count). The Hall–Kier alpha value is -3.14. The lowest BCUT2D eigenvalue weighted by Gasteiger charge is -2.20. The van der Waals surface area contributed by atoms with Crippen molar-refractivity contribution in [3.8, 4) is 5.75 Å². The first kappa shape index (κ1) is 16.3. The second-order valence-corrected chi connectivity index (χ2v) is 6.40. The molecule has 0 saturated carbocycles. The van der Waals surface area contributed by atoms with Gasteiger partial charge < -0.3 is 4.74 Å². The lowest BCUT2D eigenvalue weighted by atomic mass is 9.95. The predicted molar refractivity (Wildman–Crippen MR) is 103 cm³/mol. The lowest BCUT2D eigenvalue weighted by molar-refractivity contribution is -0.130. The van der Waals surface area contributed by atoms with Gasteiger partial charge in [-0.15, -0.1) is 0 Å². The van der Waals surface area contributed by atoms with Crippen LogP contribution in [-0.2, 0) is 4.79 Å². The molecule has 3 aromatic rings. The van der Waals surface area contributed by atoms with Gasteiger partial charge in [-0.25, -0.2) is 5.01 Å². The van der Waals surface area contributed by atoms with Crippen LogP contribution >= 0.6 is 0 Å². The van der Waals surface area contributed by atoms with Crippen LogP contribution in [-0.4, -0.2) is 23.7 Å². The second kappa shape index (κ2) is 6.64. The molecule has 130 valence electrons. The van der Waals surface area contributed by atoms with Crippen molar-refractivity contribution in [2.24, 2.45) is 5.10 Å². The van der Waals surface area contributed by atoms with E-state index in [0.717, 1.165) is 33.4 Å². The molecule has 3 aromatic carbocycles. The van der Waals surface area contributed by atoms with Crippen molar-refractivity contribution < 1.29 is 9.53 Å². The number of fused-ring (bicyclic) bond motifs is 1. The Kier molecular flexibility index (Phi) is 4.17. The summed E-state index contributed by atoms with van der Waals surface area (Å²) in [5.74, 6) is 0.789. The molecule has 0 saturated heterocycles. The van der Waals surface area contributed by atoms with Gasteiger partial charge in [-0.1, -0.05) is 54.6 Å². The smallest absolute Gasteiger partial charge is 0.240 e. The van der Waals surface area contributed by atoms with E-state index < -0.39 is 0 Å². The van der Waals surface area contributed by atoms with E-state index in [1.807, 2.05) is 60.7 Å².